The topological polar surface area (TPSA) is 55.4 Å². The number of hydrogen-bond donors (Lipinski definition) is 1. The van der Waals surface area contributed by atoms with Crippen molar-refractivity contribution in [1.82, 2.24) is 5.32 Å². The van der Waals surface area contributed by atoms with Crippen molar-refractivity contribution in [1.29, 1.82) is 0 Å². The zero-order valence-electron chi connectivity index (χ0n) is 5.92. The predicted molar refractivity (Wildman–Crippen MR) is 40.8 cm³/mol. The number of rotatable bonds is 2. The molecule has 1 rings (SSSR count). The zero-order valence-corrected chi connectivity index (χ0v) is 6.73. The van der Waals surface area contributed by atoms with Gasteiger partial charge in [0.25, 0.3) is 11.1 Å². The van der Waals surface area contributed by atoms with Crippen LogP contribution in [-0.4, -0.2) is 17.8 Å². The van der Waals surface area contributed by atoms with Crippen molar-refractivity contribution in [3.05, 3.63) is 11.2 Å². The molecule has 0 unspecified atom stereocenters. The van der Waals surface area contributed by atoms with Crippen LogP contribution in [0.3, 0.4) is 0 Å². The Kier molecular flexibility index (Phi) is 2.53. The van der Waals surface area contributed by atoms with Crippen molar-refractivity contribution in [2.45, 2.75) is 6.92 Å². The molecule has 0 saturated carbocycles. The SMILES string of the molecule is CCO/C=C1/SC(=O)NC1=O. The Bertz CT molecular complexity index is 224. The molecule has 1 N–H and O–H groups in total. The number of nitrogens with one attached hydrogen (secondary N) is 1. The second-order valence-electron chi connectivity index (χ2n) is 1.78. The Balaban J connectivity index is 2.59. The van der Waals surface area contributed by atoms with Crippen LogP contribution in [0, 0.1) is 0 Å². The molecule has 0 aromatic heterocycles. The molecule has 4 nitrogen and oxygen atoms in total. The van der Waals surface area contributed by atoms with Crippen molar-refractivity contribution in [2.24, 2.45) is 0 Å². The molecule has 60 valence electrons. The van der Waals surface area contributed by atoms with Gasteiger partial charge in [-0.3, -0.25) is 14.9 Å². The summed E-state index contributed by atoms with van der Waals surface area (Å²) in [6, 6.07) is 0. The van der Waals surface area contributed by atoms with Gasteiger partial charge in [-0.15, -0.1) is 0 Å². The third-order valence-electron chi connectivity index (χ3n) is 0.999. The number of carbonyl (C=O) groups is 2. The molecule has 1 aliphatic heterocycles. The Hall–Kier alpha value is -0.970. The van der Waals surface area contributed by atoms with Crippen LogP contribution in [0.15, 0.2) is 11.2 Å². The summed E-state index contributed by atoms with van der Waals surface area (Å²) in [6.07, 6.45) is 1.30. The highest BCUT2D eigenvalue weighted by molar-refractivity contribution is 8.18. The molecule has 0 aliphatic carbocycles. The molecule has 2 amide bonds. The minimum atomic E-state index is -0.381. The summed E-state index contributed by atoms with van der Waals surface area (Å²) >= 11 is 0.850. The van der Waals surface area contributed by atoms with E-state index in [1.54, 1.807) is 6.92 Å². The normalized spacial score (nSPS) is 20.6. The van der Waals surface area contributed by atoms with E-state index in [4.69, 9.17) is 4.74 Å². The summed E-state index contributed by atoms with van der Waals surface area (Å²) in [5.74, 6) is -0.381. The van der Waals surface area contributed by atoms with Crippen LogP contribution >= 0.6 is 11.8 Å². The standard InChI is InChI=1S/C6H7NO3S/c1-2-10-3-4-5(8)7-6(9)11-4/h3H,2H2,1H3,(H,7,8,9)/b4-3+. The average molecular weight is 173 g/mol. The predicted octanol–water partition coefficient (Wildman–Crippen LogP) is 0.847. The summed E-state index contributed by atoms with van der Waals surface area (Å²) < 4.78 is 4.84. The lowest BCUT2D eigenvalue weighted by molar-refractivity contribution is -0.115. The van der Waals surface area contributed by atoms with E-state index in [-0.39, 0.29) is 11.1 Å². The van der Waals surface area contributed by atoms with Crippen LogP contribution < -0.4 is 5.32 Å². The van der Waals surface area contributed by atoms with Gasteiger partial charge < -0.3 is 4.74 Å². The molecule has 1 saturated heterocycles. The summed E-state index contributed by atoms with van der Waals surface area (Å²) in [5.41, 5.74) is 0. The van der Waals surface area contributed by atoms with Gasteiger partial charge in [0.2, 0.25) is 0 Å². The highest BCUT2D eigenvalue weighted by Gasteiger charge is 2.25. The van der Waals surface area contributed by atoms with Gasteiger partial charge in [0, 0.05) is 0 Å². The number of carbonyl (C=O) groups excluding carboxylic acids is 2. The minimum Gasteiger partial charge on any atom is -0.500 e. The Morgan fingerprint density at radius 1 is 1.64 bits per heavy atom. The number of thioether (sulfide) groups is 1. The Morgan fingerprint density at radius 2 is 2.36 bits per heavy atom. The monoisotopic (exact) mass is 173 g/mol. The lowest BCUT2D eigenvalue weighted by Crippen LogP contribution is -2.17. The summed E-state index contributed by atoms with van der Waals surface area (Å²) in [7, 11) is 0. The third-order valence-corrected chi connectivity index (χ3v) is 1.79. The molecule has 5 heteroatoms. The summed E-state index contributed by atoms with van der Waals surface area (Å²) in [4.78, 5) is 21.7. The fourth-order valence-electron chi connectivity index (χ4n) is 0.563. The second kappa shape index (κ2) is 3.43. The quantitative estimate of drug-likeness (QED) is 0.496. The van der Waals surface area contributed by atoms with Crippen LogP contribution in [-0.2, 0) is 9.53 Å². The molecule has 1 fully saturated rings. The maximum absolute atomic E-state index is 10.8. The molecule has 1 heterocycles. The molecule has 11 heavy (non-hydrogen) atoms. The van der Waals surface area contributed by atoms with Gasteiger partial charge in [-0.25, -0.2) is 0 Å². The maximum atomic E-state index is 10.8. The first-order chi connectivity index (χ1) is 5.24. The number of imide groups is 1. The van der Waals surface area contributed by atoms with Crippen LogP contribution in [0.25, 0.3) is 0 Å². The first-order valence-corrected chi connectivity index (χ1v) is 3.90. The lowest BCUT2D eigenvalue weighted by Gasteiger charge is -1.92. The molecular weight excluding hydrogens is 166 g/mol. The third kappa shape index (κ3) is 1.98. The number of amides is 2. The highest BCUT2D eigenvalue weighted by atomic mass is 32.2. The average Bonchev–Trinajstić information content (AvgIpc) is 2.26. The molecular formula is C6H7NO3S. The largest absolute Gasteiger partial charge is 0.500 e. The van der Waals surface area contributed by atoms with E-state index in [2.05, 4.69) is 5.32 Å². The van der Waals surface area contributed by atoms with Crippen LogP contribution in [0.1, 0.15) is 6.92 Å². The Morgan fingerprint density at radius 3 is 2.82 bits per heavy atom. The summed E-state index contributed by atoms with van der Waals surface area (Å²) in [5, 5.41) is 1.77. The van der Waals surface area contributed by atoms with Crippen LogP contribution in [0.4, 0.5) is 4.79 Å². The lowest BCUT2D eigenvalue weighted by atomic mass is 10.6. The smallest absolute Gasteiger partial charge is 0.291 e. The highest BCUT2D eigenvalue weighted by Crippen LogP contribution is 2.22. The minimum absolute atomic E-state index is 0.317. The van der Waals surface area contributed by atoms with Crippen LogP contribution in [0.2, 0.25) is 0 Å². The van der Waals surface area contributed by atoms with Gasteiger partial charge in [0.05, 0.1) is 6.61 Å². The van der Waals surface area contributed by atoms with E-state index >= 15 is 0 Å². The fraction of sp³-hybridized carbons (Fsp3) is 0.333. The van der Waals surface area contributed by atoms with Crippen molar-refractivity contribution >= 4 is 22.9 Å². The number of ether oxygens (including phenoxy) is 1. The Labute approximate surface area is 68.0 Å². The van der Waals surface area contributed by atoms with E-state index in [0.29, 0.717) is 11.5 Å². The first-order valence-electron chi connectivity index (χ1n) is 3.09. The molecule has 0 aromatic rings. The van der Waals surface area contributed by atoms with E-state index in [0.717, 1.165) is 11.8 Å². The van der Waals surface area contributed by atoms with Crippen molar-refractivity contribution < 1.29 is 14.3 Å². The van der Waals surface area contributed by atoms with E-state index in [1.807, 2.05) is 0 Å². The molecule has 0 bridgehead atoms. The van der Waals surface area contributed by atoms with E-state index < -0.39 is 0 Å². The van der Waals surface area contributed by atoms with E-state index in [1.165, 1.54) is 6.26 Å². The van der Waals surface area contributed by atoms with Crippen molar-refractivity contribution in [2.75, 3.05) is 6.61 Å². The second-order valence-corrected chi connectivity index (χ2v) is 2.80. The first kappa shape index (κ1) is 8.13. The van der Waals surface area contributed by atoms with Crippen molar-refractivity contribution in [3.63, 3.8) is 0 Å². The number of hydrogen-bond acceptors (Lipinski definition) is 4. The van der Waals surface area contributed by atoms with Gasteiger partial charge in [-0.1, -0.05) is 0 Å². The molecule has 0 atom stereocenters. The fourth-order valence-corrected chi connectivity index (χ4v) is 1.17. The molecule has 0 spiro atoms. The summed E-state index contributed by atoms with van der Waals surface area (Å²) in [6.45, 7) is 2.29. The zero-order chi connectivity index (χ0) is 8.27. The maximum Gasteiger partial charge on any atom is 0.291 e. The molecule has 0 radical (unpaired) electrons. The van der Waals surface area contributed by atoms with Crippen LogP contribution in [0.5, 0.6) is 0 Å². The van der Waals surface area contributed by atoms with Gasteiger partial charge in [-0.2, -0.15) is 0 Å². The molecule has 0 aromatic carbocycles. The molecule has 1 aliphatic rings. The van der Waals surface area contributed by atoms with Gasteiger partial charge in [-0.05, 0) is 18.7 Å². The van der Waals surface area contributed by atoms with Gasteiger partial charge in [0.1, 0.15) is 11.2 Å². The van der Waals surface area contributed by atoms with Gasteiger partial charge >= 0.3 is 0 Å². The van der Waals surface area contributed by atoms with Crippen molar-refractivity contribution in [3.8, 4) is 0 Å². The van der Waals surface area contributed by atoms with Gasteiger partial charge in [0.15, 0.2) is 0 Å². The van der Waals surface area contributed by atoms with E-state index in [9.17, 15) is 9.59 Å².